The van der Waals surface area contributed by atoms with E-state index in [1.165, 1.54) is 0 Å². The smallest absolute Gasteiger partial charge is 0.273 e. The van der Waals surface area contributed by atoms with E-state index in [-0.39, 0.29) is 11.8 Å². The van der Waals surface area contributed by atoms with Crippen molar-refractivity contribution in [3.63, 3.8) is 0 Å². The van der Waals surface area contributed by atoms with Crippen LogP contribution in [0.25, 0.3) is 10.8 Å². The molecule has 0 spiro atoms. The first-order chi connectivity index (χ1) is 12.2. The molecule has 1 saturated heterocycles. The lowest BCUT2D eigenvalue weighted by Gasteiger charge is -2.32. The quantitative estimate of drug-likeness (QED) is 0.722. The minimum Gasteiger partial charge on any atom is -0.337 e. The Labute approximate surface area is 146 Å². The fourth-order valence-electron chi connectivity index (χ4n) is 3.52. The van der Waals surface area contributed by atoms with Crippen LogP contribution < -0.4 is 0 Å². The Morgan fingerprint density at radius 2 is 2.08 bits per heavy atom. The zero-order chi connectivity index (χ0) is 17.2. The molecule has 0 saturated carbocycles. The molecule has 1 aliphatic heterocycles. The maximum absolute atomic E-state index is 13.1. The molecule has 1 fully saturated rings. The summed E-state index contributed by atoms with van der Waals surface area (Å²) in [6.07, 6.45) is 7.29. The van der Waals surface area contributed by atoms with Gasteiger partial charge in [0.25, 0.3) is 5.91 Å². The van der Waals surface area contributed by atoms with E-state index in [2.05, 4.69) is 15.0 Å². The number of fused-ring (bicyclic) bond motifs is 1. The van der Waals surface area contributed by atoms with E-state index in [1.807, 2.05) is 48.4 Å². The first-order valence-corrected chi connectivity index (χ1v) is 8.64. The van der Waals surface area contributed by atoms with Crippen LogP contribution in [-0.2, 0) is 0 Å². The van der Waals surface area contributed by atoms with Crippen molar-refractivity contribution < 1.29 is 4.79 Å². The average Bonchev–Trinajstić information content (AvgIpc) is 2.67. The molecule has 1 amide bonds. The van der Waals surface area contributed by atoms with Gasteiger partial charge in [0.15, 0.2) is 0 Å². The molecule has 2 aromatic heterocycles. The maximum Gasteiger partial charge on any atom is 0.273 e. The Morgan fingerprint density at radius 1 is 1.20 bits per heavy atom. The summed E-state index contributed by atoms with van der Waals surface area (Å²) in [7, 11) is 0. The van der Waals surface area contributed by atoms with Crippen molar-refractivity contribution >= 4 is 16.7 Å². The first-order valence-electron chi connectivity index (χ1n) is 8.64. The van der Waals surface area contributed by atoms with E-state index in [0.717, 1.165) is 41.5 Å². The third kappa shape index (κ3) is 3.09. The van der Waals surface area contributed by atoms with Crippen LogP contribution in [0.2, 0.25) is 0 Å². The number of likely N-dealkylation sites (tertiary alicyclic amines) is 1. The third-order valence-electron chi connectivity index (χ3n) is 4.78. The second kappa shape index (κ2) is 6.59. The van der Waals surface area contributed by atoms with Crippen LogP contribution in [0.4, 0.5) is 0 Å². The molecule has 1 atom stereocenters. The number of piperidine rings is 1. The van der Waals surface area contributed by atoms with Gasteiger partial charge < -0.3 is 4.90 Å². The molecule has 1 aliphatic rings. The molecule has 1 unspecified atom stereocenters. The van der Waals surface area contributed by atoms with Crippen molar-refractivity contribution in [1.82, 2.24) is 19.9 Å². The number of rotatable bonds is 2. The zero-order valence-electron chi connectivity index (χ0n) is 14.2. The first kappa shape index (κ1) is 15.7. The number of carbonyl (C=O) groups is 1. The molecule has 0 N–H and O–H groups in total. The van der Waals surface area contributed by atoms with Gasteiger partial charge in [-0.3, -0.25) is 19.7 Å². The maximum atomic E-state index is 13.1. The lowest BCUT2D eigenvalue weighted by Crippen LogP contribution is -2.39. The normalized spacial score (nSPS) is 17.6. The Hall–Kier alpha value is -2.82. The second-order valence-electron chi connectivity index (χ2n) is 6.56. The molecule has 4 rings (SSSR count). The van der Waals surface area contributed by atoms with Crippen LogP contribution in [0.1, 0.15) is 40.6 Å². The fourth-order valence-corrected chi connectivity index (χ4v) is 3.52. The van der Waals surface area contributed by atoms with Crippen LogP contribution in [0, 0.1) is 6.92 Å². The molecule has 3 aromatic rings. The Balaban J connectivity index is 1.61. The highest BCUT2D eigenvalue weighted by Crippen LogP contribution is 2.27. The number of aryl methyl sites for hydroxylation is 1. The van der Waals surface area contributed by atoms with Gasteiger partial charge in [-0.15, -0.1) is 0 Å². The van der Waals surface area contributed by atoms with E-state index in [4.69, 9.17) is 0 Å². The highest BCUT2D eigenvalue weighted by Gasteiger charge is 2.27. The summed E-state index contributed by atoms with van der Waals surface area (Å²) in [6, 6.07) is 9.83. The van der Waals surface area contributed by atoms with Gasteiger partial charge in [0.2, 0.25) is 0 Å². The SMILES string of the molecule is Cc1cncc(C2CCCN(C(=O)c3nccc4ccccc34)C2)n1. The average molecular weight is 332 g/mol. The Kier molecular flexibility index (Phi) is 4.14. The van der Waals surface area contributed by atoms with Crippen molar-refractivity contribution in [1.29, 1.82) is 0 Å². The van der Waals surface area contributed by atoms with Gasteiger partial charge in [-0.25, -0.2) is 0 Å². The fraction of sp³-hybridized carbons (Fsp3) is 0.300. The Bertz CT molecular complexity index is 919. The molecule has 0 radical (unpaired) electrons. The molecule has 0 bridgehead atoms. The summed E-state index contributed by atoms with van der Waals surface area (Å²) in [4.78, 5) is 28.2. The largest absolute Gasteiger partial charge is 0.337 e. The van der Waals surface area contributed by atoms with Gasteiger partial charge in [-0.2, -0.15) is 0 Å². The van der Waals surface area contributed by atoms with Crippen LogP contribution in [0.15, 0.2) is 48.9 Å². The van der Waals surface area contributed by atoms with Crippen molar-refractivity contribution in [2.75, 3.05) is 13.1 Å². The van der Waals surface area contributed by atoms with Gasteiger partial charge in [-0.05, 0) is 31.2 Å². The topological polar surface area (TPSA) is 59.0 Å². The number of amides is 1. The summed E-state index contributed by atoms with van der Waals surface area (Å²) in [5.41, 5.74) is 2.43. The second-order valence-corrected chi connectivity index (χ2v) is 6.56. The van der Waals surface area contributed by atoms with Crippen molar-refractivity contribution in [2.45, 2.75) is 25.7 Å². The van der Waals surface area contributed by atoms with Crippen LogP contribution >= 0.6 is 0 Å². The zero-order valence-corrected chi connectivity index (χ0v) is 14.2. The minimum atomic E-state index is 0.00196. The van der Waals surface area contributed by atoms with E-state index < -0.39 is 0 Å². The van der Waals surface area contributed by atoms with E-state index >= 15 is 0 Å². The lowest BCUT2D eigenvalue weighted by molar-refractivity contribution is 0.0702. The van der Waals surface area contributed by atoms with Crippen molar-refractivity contribution in [2.24, 2.45) is 0 Å². The third-order valence-corrected chi connectivity index (χ3v) is 4.78. The van der Waals surface area contributed by atoms with E-state index in [1.54, 1.807) is 12.4 Å². The molecule has 5 heteroatoms. The van der Waals surface area contributed by atoms with Gasteiger partial charge in [0, 0.05) is 43.0 Å². The summed E-state index contributed by atoms with van der Waals surface area (Å²) in [5, 5.41) is 1.95. The number of pyridine rings is 1. The highest BCUT2D eigenvalue weighted by atomic mass is 16.2. The molecule has 5 nitrogen and oxygen atoms in total. The van der Waals surface area contributed by atoms with Gasteiger partial charge >= 0.3 is 0 Å². The summed E-state index contributed by atoms with van der Waals surface area (Å²) in [5.74, 6) is 0.238. The molecule has 126 valence electrons. The van der Waals surface area contributed by atoms with Gasteiger partial charge in [0.05, 0.1) is 11.4 Å². The van der Waals surface area contributed by atoms with Gasteiger partial charge in [0.1, 0.15) is 5.69 Å². The lowest BCUT2D eigenvalue weighted by atomic mass is 9.94. The molecular weight excluding hydrogens is 312 g/mol. The van der Waals surface area contributed by atoms with Gasteiger partial charge in [-0.1, -0.05) is 24.3 Å². The Morgan fingerprint density at radius 3 is 2.96 bits per heavy atom. The van der Waals surface area contributed by atoms with Crippen molar-refractivity contribution in [3.05, 3.63) is 66.0 Å². The minimum absolute atomic E-state index is 0.00196. The number of carbonyl (C=O) groups excluding carboxylic acids is 1. The van der Waals surface area contributed by atoms with Crippen molar-refractivity contribution in [3.8, 4) is 0 Å². The summed E-state index contributed by atoms with van der Waals surface area (Å²) >= 11 is 0. The molecule has 0 aliphatic carbocycles. The number of benzene rings is 1. The number of nitrogens with zero attached hydrogens (tertiary/aromatic N) is 4. The van der Waals surface area contributed by atoms with E-state index in [0.29, 0.717) is 12.2 Å². The predicted molar refractivity (Wildman–Crippen MR) is 96.4 cm³/mol. The molecule has 1 aromatic carbocycles. The molecule has 3 heterocycles. The van der Waals surface area contributed by atoms with Crippen LogP contribution in [0.5, 0.6) is 0 Å². The number of hydrogen-bond donors (Lipinski definition) is 0. The van der Waals surface area contributed by atoms with Crippen LogP contribution in [-0.4, -0.2) is 38.8 Å². The van der Waals surface area contributed by atoms with Crippen LogP contribution in [0.3, 0.4) is 0 Å². The standard InChI is InChI=1S/C20H20N4O/c1-14-11-21-12-18(23-14)16-6-4-10-24(13-16)20(25)19-17-7-3-2-5-15(17)8-9-22-19/h2-3,5,7-9,11-12,16H,4,6,10,13H2,1H3. The van der Waals surface area contributed by atoms with E-state index in [9.17, 15) is 4.79 Å². The molecular formula is C20H20N4O. The summed E-state index contributed by atoms with van der Waals surface area (Å²) in [6.45, 7) is 3.38. The number of aromatic nitrogens is 3. The summed E-state index contributed by atoms with van der Waals surface area (Å²) < 4.78 is 0. The molecule has 25 heavy (non-hydrogen) atoms. The monoisotopic (exact) mass is 332 g/mol. The number of hydrogen-bond acceptors (Lipinski definition) is 4. The highest BCUT2D eigenvalue weighted by molar-refractivity contribution is 6.05. The predicted octanol–water partition coefficient (Wildman–Crippen LogP) is 3.35.